The van der Waals surface area contributed by atoms with Crippen molar-refractivity contribution in [3.8, 4) is 0 Å². The van der Waals surface area contributed by atoms with Crippen LogP contribution in [-0.4, -0.2) is 28.8 Å². The molecule has 98 valence electrons. The molecule has 0 saturated heterocycles. The first-order valence-corrected chi connectivity index (χ1v) is 5.86. The molecule has 0 spiro atoms. The molecule has 1 aliphatic rings. The summed E-state index contributed by atoms with van der Waals surface area (Å²) in [5.74, 6) is -0.353. The van der Waals surface area contributed by atoms with E-state index in [2.05, 4.69) is 5.32 Å². The van der Waals surface area contributed by atoms with Gasteiger partial charge in [-0.25, -0.2) is 9.59 Å². The first kappa shape index (κ1) is 13.8. The van der Waals surface area contributed by atoms with Gasteiger partial charge in [0, 0.05) is 0 Å². The van der Waals surface area contributed by atoms with E-state index in [1.54, 1.807) is 20.8 Å². The standard InChI is InChI=1S/C12H21NO4/c1-6-7(2)8(6)9(10(14)15)13-11(16)17-12(3,4)5/h6-9H,1-5H3,(H,13,16)(H,14,15)/t6-,7-,9-/m0/s1. The Hall–Kier alpha value is -1.26. The highest BCUT2D eigenvalue weighted by Gasteiger charge is 2.51. The van der Waals surface area contributed by atoms with Gasteiger partial charge in [0.05, 0.1) is 0 Å². The van der Waals surface area contributed by atoms with E-state index < -0.39 is 23.7 Å². The Kier molecular flexibility index (Phi) is 3.69. The van der Waals surface area contributed by atoms with Crippen LogP contribution in [0.1, 0.15) is 34.6 Å². The van der Waals surface area contributed by atoms with Crippen molar-refractivity contribution in [1.82, 2.24) is 5.32 Å². The molecule has 0 aromatic heterocycles. The largest absolute Gasteiger partial charge is 0.480 e. The second-order valence-corrected chi connectivity index (χ2v) is 5.76. The highest BCUT2D eigenvalue weighted by atomic mass is 16.6. The number of alkyl carbamates (subject to hydrolysis) is 1. The number of hydrogen-bond acceptors (Lipinski definition) is 3. The van der Waals surface area contributed by atoms with Gasteiger partial charge in [0.15, 0.2) is 0 Å². The summed E-state index contributed by atoms with van der Waals surface area (Å²) in [6, 6.07) is -0.852. The van der Waals surface area contributed by atoms with Gasteiger partial charge in [0.25, 0.3) is 0 Å². The van der Waals surface area contributed by atoms with Gasteiger partial charge in [-0.3, -0.25) is 0 Å². The Morgan fingerprint density at radius 2 is 1.71 bits per heavy atom. The summed E-state index contributed by atoms with van der Waals surface area (Å²) in [7, 11) is 0. The van der Waals surface area contributed by atoms with Crippen LogP contribution < -0.4 is 5.32 Å². The Morgan fingerprint density at radius 1 is 1.24 bits per heavy atom. The van der Waals surface area contributed by atoms with Crippen molar-refractivity contribution in [2.45, 2.75) is 46.3 Å². The van der Waals surface area contributed by atoms with Crippen LogP contribution in [0.2, 0.25) is 0 Å². The zero-order valence-corrected chi connectivity index (χ0v) is 11.0. The minimum absolute atomic E-state index is 0.0000170. The minimum Gasteiger partial charge on any atom is -0.480 e. The smallest absolute Gasteiger partial charge is 0.408 e. The van der Waals surface area contributed by atoms with Crippen LogP contribution in [0, 0.1) is 17.8 Å². The lowest BCUT2D eigenvalue weighted by Crippen LogP contribution is -2.45. The molecule has 2 N–H and O–H groups in total. The normalized spacial score (nSPS) is 29.4. The third-order valence-electron chi connectivity index (χ3n) is 3.23. The van der Waals surface area contributed by atoms with E-state index in [-0.39, 0.29) is 5.92 Å². The summed E-state index contributed by atoms with van der Waals surface area (Å²) in [6.07, 6.45) is -0.670. The van der Waals surface area contributed by atoms with Crippen molar-refractivity contribution in [3.05, 3.63) is 0 Å². The van der Waals surface area contributed by atoms with Crippen LogP contribution in [0.5, 0.6) is 0 Å². The van der Waals surface area contributed by atoms with Gasteiger partial charge >= 0.3 is 12.1 Å². The maximum absolute atomic E-state index is 11.5. The monoisotopic (exact) mass is 243 g/mol. The van der Waals surface area contributed by atoms with E-state index >= 15 is 0 Å². The van der Waals surface area contributed by atoms with Crippen molar-refractivity contribution >= 4 is 12.1 Å². The van der Waals surface area contributed by atoms with Gasteiger partial charge < -0.3 is 15.2 Å². The molecule has 0 aliphatic heterocycles. The predicted octanol–water partition coefficient (Wildman–Crippen LogP) is 1.87. The molecule has 1 amide bonds. The lowest BCUT2D eigenvalue weighted by atomic mass is 10.1. The Bertz CT molecular complexity index is 313. The van der Waals surface area contributed by atoms with Crippen molar-refractivity contribution in [2.75, 3.05) is 0 Å². The zero-order valence-electron chi connectivity index (χ0n) is 11.0. The van der Waals surface area contributed by atoms with E-state index in [4.69, 9.17) is 9.84 Å². The van der Waals surface area contributed by atoms with Crippen LogP contribution in [0.15, 0.2) is 0 Å². The first-order chi connectivity index (χ1) is 7.63. The van der Waals surface area contributed by atoms with Crippen LogP contribution >= 0.6 is 0 Å². The van der Waals surface area contributed by atoms with E-state index in [1.807, 2.05) is 13.8 Å². The molecule has 5 heteroatoms. The number of rotatable bonds is 3. The molecule has 1 fully saturated rings. The fraction of sp³-hybridized carbons (Fsp3) is 0.833. The number of carbonyl (C=O) groups excluding carboxylic acids is 1. The molecule has 5 nitrogen and oxygen atoms in total. The molecule has 0 heterocycles. The molecule has 0 radical (unpaired) electrons. The third kappa shape index (κ3) is 3.61. The van der Waals surface area contributed by atoms with Crippen molar-refractivity contribution < 1.29 is 19.4 Å². The minimum atomic E-state index is -1.00. The maximum Gasteiger partial charge on any atom is 0.408 e. The number of ether oxygens (including phenoxy) is 1. The highest BCUT2D eigenvalue weighted by Crippen LogP contribution is 2.47. The summed E-state index contributed by atoms with van der Waals surface area (Å²) in [6.45, 7) is 9.20. The molecule has 1 aliphatic carbocycles. The summed E-state index contributed by atoms with van der Waals surface area (Å²) in [4.78, 5) is 22.6. The average Bonchev–Trinajstić information content (AvgIpc) is 2.67. The molecule has 0 aromatic carbocycles. The zero-order chi connectivity index (χ0) is 13.4. The van der Waals surface area contributed by atoms with Gasteiger partial charge in [-0.1, -0.05) is 13.8 Å². The number of amides is 1. The second kappa shape index (κ2) is 4.55. The molecule has 1 rings (SSSR count). The fourth-order valence-electron chi connectivity index (χ4n) is 2.07. The van der Waals surface area contributed by atoms with Crippen LogP contribution in [-0.2, 0) is 9.53 Å². The maximum atomic E-state index is 11.5. The number of nitrogens with one attached hydrogen (secondary N) is 1. The molecule has 17 heavy (non-hydrogen) atoms. The van der Waals surface area contributed by atoms with E-state index in [0.29, 0.717) is 11.8 Å². The fourth-order valence-corrected chi connectivity index (χ4v) is 2.07. The van der Waals surface area contributed by atoms with E-state index in [1.165, 1.54) is 0 Å². The molecule has 3 atom stereocenters. The summed E-state index contributed by atoms with van der Waals surface area (Å²) in [5.41, 5.74) is -0.617. The number of carboxylic acid groups (broad SMARTS) is 1. The van der Waals surface area contributed by atoms with Crippen molar-refractivity contribution in [1.29, 1.82) is 0 Å². The number of hydrogen-bond donors (Lipinski definition) is 2. The predicted molar refractivity (Wildman–Crippen MR) is 62.6 cm³/mol. The lowest BCUT2D eigenvalue weighted by molar-refractivity contribution is -0.140. The highest BCUT2D eigenvalue weighted by molar-refractivity contribution is 5.80. The summed E-state index contributed by atoms with van der Waals surface area (Å²) < 4.78 is 5.05. The van der Waals surface area contributed by atoms with Crippen LogP contribution in [0.4, 0.5) is 4.79 Å². The average molecular weight is 243 g/mol. The van der Waals surface area contributed by atoms with Gasteiger partial charge in [0.1, 0.15) is 11.6 Å². The molecular weight excluding hydrogens is 222 g/mol. The van der Waals surface area contributed by atoms with Gasteiger partial charge in [-0.2, -0.15) is 0 Å². The lowest BCUT2D eigenvalue weighted by Gasteiger charge is -2.22. The molecule has 0 aromatic rings. The Morgan fingerprint density at radius 3 is 2.00 bits per heavy atom. The quantitative estimate of drug-likeness (QED) is 0.793. The molecule has 0 unspecified atom stereocenters. The Balaban J connectivity index is 2.57. The van der Waals surface area contributed by atoms with Crippen LogP contribution in [0.25, 0.3) is 0 Å². The van der Waals surface area contributed by atoms with E-state index in [0.717, 1.165) is 0 Å². The molecule has 0 bridgehead atoms. The van der Waals surface area contributed by atoms with Gasteiger partial charge in [-0.05, 0) is 38.5 Å². The third-order valence-corrected chi connectivity index (χ3v) is 3.23. The van der Waals surface area contributed by atoms with E-state index in [9.17, 15) is 9.59 Å². The Labute approximate surface area is 102 Å². The number of aliphatic carboxylic acids is 1. The number of carbonyl (C=O) groups is 2. The molecular formula is C12H21NO4. The van der Waals surface area contributed by atoms with Crippen LogP contribution in [0.3, 0.4) is 0 Å². The molecule has 1 saturated carbocycles. The first-order valence-electron chi connectivity index (χ1n) is 5.86. The summed E-state index contributed by atoms with van der Waals surface area (Å²) in [5, 5.41) is 11.5. The van der Waals surface area contributed by atoms with Crippen molar-refractivity contribution in [2.24, 2.45) is 17.8 Å². The van der Waals surface area contributed by atoms with Gasteiger partial charge in [0.2, 0.25) is 0 Å². The van der Waals surface area contributed by atoms with Crippen molar-refractivity contribution in [3.63, 3.8) is 0 Å². The summed E-state index contributed by atoms with van der Waals surface area (Å²) >= 11 is 0. The SMILES string of the molecule is C[C@@H]1C([C@H](NC(=O)OC(C)(C)C)C(=O)O)[C@H]1C. The number of carboxylic acids is 1. The van der Waals surface area contributed by atoms with Gasteiger partial charge in [-0.15, -0.1) is 0 Å². The topological polar surface area (TPSA) is 75.6 Å². The second-order valence-electron chi connectivity index (χ2n) is 5.76.